The predicted molar refractivity (Wildman–Crippen MR) is 121 cm³/mol. The molecule has 0 N–H and O–H groups in total. The van der Waals surface area contributed by atoms with E-state index in [-0.39, 0.29) is 5.91 Å². The summed E-state index contributed by atoms with van der Waals surface area (Å²) in [6, 6.07) is 16.1. The number of carbonyl (C=O) groups excluding carboxylic acids is 1. The topological polar surface area (TPSA) is 41.9 Å². The van der Waals surface area contributed by atoms with Crippen molar-refractivity contribution in [3.05, 3.63) is 68.1 Å². The number of amides is 1. The lowest BCUT2D eigenvalue weighted by atomic mass is 10.2. The van der Waals surface area contributed by atoms with E-state index in [1.807, 2.05) is 44.2 Å². The summed E-state index contributed by atoms with van der Waals surface area (Å²) in [5, 5.41) is 0.786. The van der Waals surface area contributed by atoms with Gasteiger partial charge in [0, 0.05) is 16.7 Å². The minimum atomic E-state index is 0.0220. The van der Waals surface area contributed by atoms with Gasteiger partial charge in [0.05, 0.1) is 4.91 Å². The molecule has 140 valence electrons. The Bertz CT molecular complexity index is 861. The quantitative estimate of drug-likeness (QED) is 0.412. The number of ether oxygens (including phenoxy) is 1. The van der Waals surface area contributed by atoms with E-state index in [1.165, 1.54) is 15.3 Å². The highest BCUT2D eigenvalue weighted by molar-refractivity contribution is 14.1. The van der Waals surface area contributed by atoms with Gasteiger partial charge in [-0.25, -0.2) is 0 Å². The number of nitrogens with zero attached hydrogens (tertiary/aromatic N) is 2. The molecule has 0 unspecified atom stereocenters. The molecule has 0 aliphatic carbocycles. The smallest absolute Gasteiger partial charge is 0.266 e. The van der Waals surface area contributed by atoms with Gasteiger partial charge in [-0.1, -0.05) is 24.3 Å². The van der Waals surface area contributed by atoms with Crippen LogP contribution in [0.1, 0.15) is 25.0 Å². The average molecular weight is 492 g/mol. The SMILES string of the molecule is CCN=C1S/C(=C/c2ccc(OCc3ccc(I)cc3)cc2)C(=O)N1CC. The zero-order valence-corrected chi connectivity index (χ0v) is 18.3. The number of benzene rings is 2. The molecule has 1 aliphatic heterocycles. The van der Waals surface area contributed by atoms with E-state index in [0.29, 0.717) is 24.6 Å². The third kappa shape index (κ3) is 5.13. The fraction of sp³-hybridized carbons (Fsp3) is 0.238. The summed E-state index contributed by atoms with van der Waals surface area (Å²) >= 11 is 3.73. The van der Waals surface area contributed by atoms with E-state index in [9.17, 15) is 4.79 Å². The van der Waals surface area contributed by atoms with E-state index in [1.54, 1.807) is 4.90 Å². The maximum absolute atomic E-state index is 12.5. The Morgan fingerprint density at radius 2 is 1.81 bits per heavy atom. The number of halogens is 1. The lowest BCUT2D eigenvalue weighted by molar-refractivity contribution is -0.122. The number of carbonyl (C=O) groups is 1. The van der Waals surface area contributed by atoms with Gasteiger partial charge in [-0.15, -0.1) is 0 Å². The van der Waals surface area contributed by atoms with E-state index in [0.717, 1.165) is 22.0 Å². The third-order valence-corrected chi connectivity index (χ3v) is 5.76. The summed E-state index contributed by atoms with van der Waals surface area (Å²) in [5.41, 5.74) is 2.11. The Morgan fingerprint density at radius 3 is 2.44 bits per heavy atom. The number of aliphatic imine (C=N–C) groups is 1. The standard InChI is InChI=1S/C21H21IN2O2S/c1-3-23-21-24(4-2)20(25)19(27-21)13-15-7-11-18(12-8-15)26-14-16-5-9-17(22)10-6-16/h5-13H,3-4,14H2,1-2H3/b19-13+,23-21?. The molecule has 0 atom stereocenters. The van der Waals surface area contributed by atoms with Gasteiger partial charge in [0.2, 0.25) is 0 Å². The van der Waals surface area contributed by atoms with Crippen LogP contribution in [0, 0.1) is 3.57 Å². The van der Waals surface area contributed by atoms with Gasteiger partial charge in [0.1, 0.15) is 12.4 Å². The zero-order chi connectivity index (χ0) is 19.2. The molecule has 0 spiro atoms. The van der Waals surface area contributed by atoms with E-state index in [4.69, 9.17) is 4.74 Å². The maximum atomic E-state index is 12.5. The van der Waals surface area contributed by atoms with Crippen molar-refractivity contribution in [2.24, 2.45) is 4.99 Å². The molecule has 0 saturated carbocycles. The number of amidine groups is 1. The first-order valence-electron chi connectivity index (χ1n) is 8.84. The summed E-state index contributed by atoms with van der Waals surface area (Å²) in [7, 11) is 0. The molecule has 2 aromatic rings. The number of hydrogen-bond acceptors (Lipinski definition) is 4. The molecule has 0 radical (unpaired) electrons. The van der Waals surface area contributed by atoms with Gasteiger partial charge < -0.3 is 4.74 Å². The summed E-state index contributed by atoms with van der Waals surface area (Å²) < 4.78 is 7.05. The van der Waals surface area contributed by atoms with E-state index >= 15 is 0 Å². The summed E-state index contributed by atoms with van der Waals surface area (Å²) in [6.45, 7) is 5.78. The first-order chi connectivity index (χ1) is 13.1. The first kappa shape index (κ1) is 19.9. The number of likely N-dealkylation sites (N-methyl/N-ethyl adjacent to an activating group) is 1. The molecule has 2 aromatic carbocycles. The van der Waals surface area contributed by atoms with Crippen LogP contribution in [0.4, 0.5) is 0 Å². The second-order valence-electron chi connectivity index (χ2n) is 5.90. The van der Waals surface area contributed by atoms with Crippen LogP contribution in [0.2, 0.25) is 0 Å². The van der Waals surface area contributed by atoms with Crippen molar-refractivity contribution in [3.63, 3.8) is 0 Å². The van der Waals surface area contributed by atoms with Gasteiger partial charge in [-0.3, -0.25) is 14.7 Å². The highest BCUT2D eigenvalue weighted by Crippen LogP contribution is 2.32. The predicted octanol–water partition coefficient (Wildman–Crippen LogP) is 5.18. The molecule has 1 aliphatic rings. The lowest BCUT2D eigenvalue weighted by Crippen LogP contribution is -2.28. The van der Waals surface area contributed by atoms with E-state index < -0.39 is 0 Å². The van der Waals surface area contributed by atoms with Crippen molar-refractivity contribution in [2.75, 3.05) is 13.1 Å². The monoisotopic (exact) mass is 492 g/mol. The second-order valence-corrected chi connectivity index (χ2v) is 8.16. The number of rotatable bonds is 6. The zero-order valence-electron chi connectivity index (χ0n) is 15.3. The molecule has 27 heavy (non-hydrogen) atoms. The van der Waals surface area contributed by atoms with Crippen LogP contribution in [0.5, 0.6) is 5.75 Å². The Labute approximate surface area is 177 Å². The highest BCUT2D eigenvalue weighted by Gasteiger charge is 2.31. The van der Waals surface area contributed by atoms with Gasteiger partial charge in [-0.2, -0.15) is 0 Å². The maximum Gasteiger partial charge on any atom is 0.266 e. The largest absolute Gasteiger partial charge is 0.489 e. The highest BCUT2D eigenvalue weighted by atomic mass is 127. The van der Waals surface area contributed by atoms with Crippen LogP contribution in [-0.4, -0.2) is 29.1 Å². The van der Waals surface area contributed by atoms with Crippen LogP contribution in [-0.2, 0) is 11.4 Å². The summed E-state index contributed by atoms with van der Waals surface area (Å²) in [5.74, 6) is 0.832. The number of thioether (sulfide) groups is 1. The molecule has 0 aromatic heterocycles. The van der Waals surface area contributed by atoms with Crippen molar-refractivity contribution in [2.45, 2.75) is 20.5 Å². The van der Waals surface area contributed by atoms with Crippen LogP contribution in [0.3, 0.4) is 0 Å². The normalized spacial score (nSPS) is 17.1. The molecule has 4 nitrogen and oxygen atoms in total. The minimum absolute atomic E-state index is 0.0220. The van der Waals surface area contributed by atoms with Gasteiger partial charge in [0.25, 0.3) is 5.91 Å². The molecule has 0 bridgehead atoms. The van der Waals surface area contributed by atoms with Crippen molar-refractivity contribution < 1.29 is 9.53 Å². The third-order valence-electron chi connectivity index (χ3n) is 3.99. The van der Waals surface area contributed by atoms with Gasteiger partial charge in [0.15, 0.2) is 5.17 Å². The van der Waals surface area contributed by atoms with Crippen LogP contribution in [0.25, 0.3) is 6.08 Å². The molecule has 1 heterocycles. The second kappa shape index (κ2) is 9.41. The van der Waals surface area contributed by atoms with Crippen molar-refractivity contribution in [1.82, 2.24) is 4.90 Å². The molecule has 1 saturated heterocycles. The molecule has 6 heteroatoms. The fourth-order valence-electron chi connectivity index (χ4n) is 2.60. The van der Waals surface area contributed by atoms with Crippen LogP contribution < -0.4 is 4.74 Å². The molecular weight excluding hydrogens is 471 g/mol. The fourth-order valence-corrected chi connectivity index (χ4v) is 4.06. The van der Waals surface area contributed by atoms with Crippen LogP contribution in [0.15, 0.2) is 58.4 Å². The molecule has 3 rings (SSSR count). The minimum Gasteiger partial charge on any atom is -0.489 e. The number of hydrogen-bond donors (Lipinski definition) is 0. The Balaban J connectivity index is 1.66. The first-order valence-corrected chi connectivity index (χ1v) is 10.7. The van der Waals surface area contributed by atoms with Crippen molar-refractivity contribution in [3.8, 4) is 5.75 Å². The van der Waals surface area contributed by atoms with Gasteiger partial charge >= 0.3 is 0 Å². The Kier molecular flexibility index (Phi) is 6.95. The Morgan fingerprint density at radius 1 is 1.11 bits per heavy atom. The van der Waals surface area contributed by atoms with Crippen molar-refractivity contribution in [1.29, 1.82) is 0 Å². The molecule has 1 fully saturated rings. The van der Waals surface area contributed by atoms with Crippen LogP contribution >= 0.6 is 34.4 Å². The van der Waals surface area contributed by atoms with Crippen molar-refractivity contribution >= 4 is 51.5 Å². The summed E-state index contributed by atoms with van der Waals surface area (Å²) in [6.07, 6.45) is 1.91. The van der Waals surface area contributed by atoms with E-state index in [2.05, 4.69) is 51.8 Å². The van der Waals surface area contributed by atoms with Gasteiger partial charge in [-0.05, 0) is 89.7 Å². The Hall–Kier alpha value is -1.80. The lowest BCUT2D eigenvalue weighted by Gasteiger charge is -2.11. The molecule has 1 amide bonds. The molecular formula is C21H21IN2O2S. The summed E-state index contributed by atoms with van der Waals surface area (Å²) in [4.78, 5) is 19.3. The average Bonchev–Trinajstić information content (AvgIpc) is 2.97.